The van der Waals surface area contributed by atoms with Gasteiger partial charge in [0.1, 0.15) is 0 Å². The van der Waals surface area contributed by atoms with E-state index < -0.39 is 0 Å². The van der Waals surface area contributed by atoms with Crippen molar-refractivity contribution in [1.29, 1.82) is 0 Å². The van der Waals surface area contributed by atoms with Crippen LogP contribution in [0.2, 0.25) is 0 Å². The molecular formula is C27H38N6O2. The first-order valence-corrected chi connectivity index (χ1v) is 13.3. The van der Waals surface area contributed by atoms with E-state index in [0.717, 1.165) is 57.7 Å². The highest BCUT2D eigenvalue weighted by molar-refractivity contribution is 5.79. The number of amides is 1. The van der Waals surface area contributed by atoms with Crippen LogP contribution in [0.25, 0.3) is 0 Å². The lowest BCUT2D eigenvalue weighted by atomic mass is 10.1. The summed E-state index contributed by atoms with van der Waals surface area (Å²) in [6, 6.07) is 12.3. The van der Waals surface area contributed by atoms with Crippen LogP contribution >= 0.6 is 0 Å². The maximum absolute atomic E-state index is 12.7. The van der Waals surface area contributed by atoms with Gasteiger partial charge in [-0.25, -0.2) is 4.98 Å². The topological polar surface area (TPSA) is 75.8 Å². The third kappa shape index (κ3) is 6.30. The predicted molar refractivity (Wildman–Crippen MR) is 137 cm³/mol. The molecule has 0 radical (unpaired) electrons. The molecule has 8 heteroatoms. The molecule has 1 amide bonds. The number of piperazine rings is 2. The third-order valence-corrected chi connectivity index (χ3v) is 7.79. The van der Waals surface area contributed by atoms with Gasteiger partial charge < -0.3 is 14.7 Å². The van der Waals surface area contributed by atoms with E-state index in [0.29, 0.717) is 44.6 Å². The molecule has 3 heterocycles. The molecule has 5 rings (SSSR count). The Bertz CT molecular complexity index is 1020. The lowest BCUT2D eigenvalue weighted by Crippen LogP contribution is -2.51. The molecule has 8 nitrogen and oxygen atoms in total. The van der Waals surface area contributed by atoms with E-state index in [9.17, 15) is 9.59 Å². The van der Waals surface area contributed by atoms with Crippen molar-refractivity contribution >= 4 is 11.9 Å². The smallest absolute Gasteiger partial charge is 0.252 e. The average molecular weight is 479 g/mol. The normalized spacial score (nSPS) is 20.5. The van der Waals surface area contributed by atoms with Crippen LogP contribution in [0.1, 0.15) is 36.9 Å². The second-order valence-corrected chi connectivity index (χ2v) is 10.2. The SMILES string of the molecule is O=C(C1CCCC1)N1CCN(c2nc(CN3CCN(CCc4ccccc4)CC3)cc(=O)[nH]2)CC1. The zero-order valence-electron chi connectivity index (χ0n) is 20.7. The molecule has 1 saturated carbocycles. The highest BCUT2D eigenvalue weighted by Crippen LogP contribution is 2.27. The molecule has 2 aromatic rings. The van der Waals surface area contributed by atoms with Crippen molar-refractivity contribution in [3.05, 3.63) is 58.0 Å². The van der Waals surface area contributed by atoms with Gasteiger partial charge in [0.2, 0.25) is 11.9 Å². The van der Waals surface area contributed by atoms with Gasteiger partial charge in [0.05, 0.1) is 5.69 Å². The number of aromatic amines is 1. The van der Waals surface area contributed by atoms with Crippen LogP contribution in [-0.2, 0) is 17.8 Å². The van der Waals surface area contributed by atoms with Crippen LogP contribution in [0.3, 0.4) is 0 Å². The minimum absolute atomic E-state index is 0.101. The van der Waals surface area contributed by atoms with E-state index >= 15 is 0 Å². The fourth-order valence-corrected chi connectivity index (χ4v) is 5.63. The lowest BCUT2D eigenvalue weighted by Gasteiger charge is -2.36. The van der Waals surface area contributed by atoms with Gasteiger partial charge in [-0.05, 0) is 24.8 Å². The first kappa shape index (κ1) is 24.0. The third-order valence-electron chi connectivity index (χ3n) is 7.79. The van der Waals surface area contributed by atoms with Crippen molar-refractivity contribution in [2.45, 2.75) is 38.6 Å². The zero-order valence-corrected chi connectivity index (χ0v) is 20.7. The Kier molecular flexibility index (Phi) is 7.79. The number of rotatable bonds is 7. The number of carbonyl (C=O) groups is 1. The first-order chi connectivity index (χ1) is 17.1. The van der Waals surface area contributed by atoms with E-state index in [1.165, 1.54) is 18.4 Å². The van der Waals surface area contributed by atoms with Gasteiger partial charge in [-0.2, -0.15) is 0 Å². The fraction of sp³-hybridized carbons (Fsp3) is 0.593. The first-order valence-electron chi connectivity index (χ1n) is 13.3. The van der Waals surface area contributed by atoms with Crippen molar-refractivity contribution in [1.82, 2.24) is 24.7 Å². The molecule has 35 heavy (non-hydrogen) atoms. The summed E-state index contributed by atoms with van der Waals surface area (Å²) in [4.78, 5) is 41.9. The molecule has 3 fully saturated rings. The number of hydrogen-bond acceptors (Lipinski definition) is 6. The predicted octanol–water partition coefficient (Wildman–Crippen LogP) is 1.97. The summed E-state index contributed by atoms with van der Waals surface area (Å²) in [6.45, 7) is 8.67. The molecule has 0 spiro atoms. The molecule has 2 saturated heterocycles. The maximum atomic E-state index is 12.7. The van der Waals surface area contributed by atoms with Gasteiger partial charge in [-0.3, -0.25) is 19.5 Å². The average Bonchev–Trinajstić information content (AvgIpc) is 3.43. The summed E-state index contributed by atoms with van der Waals surface area (Å²) in [7, 11) is 0. The highest BCUT2D eigenvalue weighted by Gasteiger charge is 2.30. The molecule has 3 aliphatic rings. The lowest BCUT2D eigenvalue weighted by molar-refractivity contribution is -0.135. The van der Waals surface area contributed by atoms with Crippen molar-refractivity contribution in [3.63, 3.8) is 0 Å². The molecule has 1 aromatic carbocycles. The van der Waals surface area contributed by atoms with Crippen molar-refractivity contribution in [2.75, 3.05) is 63.8 Å². The standard InChI is InChI=1S/C27H38N6O2/c34-25-20-24(21-31-14-12-30(13-15-31)11-10-22-6-2-1-3-7-22)28-27(29-25)33-18-16-32(17-19-33)26(35)23-8-4-5-9-23/h1-3,6-7,20,23H,4-5,8-19,21H2,(H,28,29,34). The molecule has 0 bridgehead atoms. The van der Waals surface area contributed by atoms with Gasteiger partial charge >= 0.3 is 0 Å². The summed E-state index contributed by atoms with van der Waals surface area (Å²) in [5, 5.41) is 0. The minimum atomic E-state index is -0.101. The van der Waals surface area contributed by atoms with Gasteiger partial charge in [0, 0.05) is 77.4 Å². The number of hydrogen-bond donors (Lipinski definition) is 1. The molecule has 2 aliphatic heterocycles. The van der Waals surface area contributed by atoms with Gasteiger partial charge in [-0.1, -0.05) is 43.2 Å². The number of H-pyrrole nitrogens is 1. The van der Waals surface area contributed by atoms with Gasteiger partial charge in [-0.15, -0.1) is 0 Å². The maximum Gasteiger partial charge on any atom is 0.252 e. The van der Waals surface area contributed by atoms with Crippen LogP contribution in [0, 0.1) is 5.92 Å². The summed E-state index contributed by atoms with van der Waals surface area (Å²) >= 11 is 0. The molecule has 1 aliphatic carbocycles. The Labute approximate surface area is 207 Å². The van der Waals surface area contributed by atoms with Crippen LogP contribution in [-0.4, -0.2) is 89.5 Å². The number of benzene rings is 1. The number of carbonyl (C=O) groups excluding carboxylic acids is 1. The Morgan fingerprint density at radius 1 is 0.914 bits per heavy atom. The Morgan fingerprint density at radius 2 is 1.60 bits per heavy atom. The molecule has 188 valence electrons. The molecular weight excluding hydrogens is 440 g/mol. The number of anilines is 1. The number of nitrogens with one attached hydrogen (secondary N) is 1. The second kappa shape index (κ2) is 11.4. The molecule has 0 unspecified atom stereocenters. The van der Waals surface area contributed by atoms with Crippen molar-refractivity contribution in [2.24, 2.45) is 5.92 Å². The van der Waals surface area contributed by atoms with E-state index in [1.807, 2.05) is 4.90 Å². The summed E-state index contributed by atoms with van der Waals surface area (Å²) in [5.41, 5.74) is 2.11. The monoisotopic (exact) mass is 478 g/mol. The van der Waals surface area contributed by atoms with E-state index in [1.54, 1.807) is 6.07 Å². The zero-order chi connectivity index (χ0) is 24.0. The Morgan fingerprint density at radius 3 is 2.31 bits per heavy atom. The van der Waals surface area contributed by atoms with Crippen molar-refractivity contribution in [3.8, 4) is 0 Å². The van der Waals surface area contributed by atoms with E-state index in [-0.39, 0.29) is 11.5 Å². The highest BCUT2D eigenvalue weighted by atomic mass is 16.2. The number of nitrogens with zero attached hydrogens (tertiary/aromatic N) is 5. The second-order valence-electron chi connectivity index (χ2n) is 10.2. The minimum Gasteiger partial charge on any atom is -0.339 e. The Balaban J connectivity index is 1.10. The van der Waals surface area contributed by atoms with Gasteiger partial charge in [0.25, 0.3) is 5.56 Å². The quantitative estimate of drug-likeness (QED) is 0.656. The van der Waals surface area contributed by atoms with Crippen molar-refractivity contribution < 1.29 is 4.79 Å². The van der Waals surface area contributed by atoms with E-state index in [2.05, 4.69) is 50.0 Å². The van der Waals surface area contributed by atoms with E-state index in [4.69, 9.17) is 4.98 Å². The van der Waals surface area contributed by atoms with Gasteiger partial charge in [0.15, 0.2) is 0 Å². The number of aromatic nitrogens is 2. The van der Waals surface area contributed by atoms with Crippen LogP contribution in [0.15, 0.2) is 41.2 Å². The summed E-state index contributed by atoms with van der Waals surface area (Å²) < 4.78 is 0. The summed E-state index contributed by atoms with van der Waals surface area (Å²) in [5.74, 6) is 1.18. The fourth-order valence-electron chi connectivity index (χ4n) is 5.63. The summed E-state index contributed by atoms with van der Waals surface area (Å²) in [6.07, 6.45) is 5.52. The molecule has 1 aromatic heterocycles. The Hall–Kier alpha value is -2.71. The molecule has 0 atom stereocenters. The molecule has 1 N–H and O–H groups in total. The largest absolute Gasteiger partial charge is 0.339 e. The van der Waals surface area contributed by atoms with Crippen LogP contribution < -0.4 is 10.5 Å². The van der Waals surface area contributed by atoms with Crippen LogP contribution in [0.5, 0.6) is 0 Å². The van der Waals surface area contributed by atoms with Crippen LogP contribution in [0.4, 0.5) is 5.95 Å².